The van der Waals surface area contributed by atoms with Crippen molar-refractivity contribution in [1.82, 2.24) is 4.98 Å². The number of thiophene rings is 1. The second-order valence-corrected chi connectivity index (χ2v) is 11.1. The largest absolute Gasteiger partial charge is 0.462 e. The number of nitrogens with zero attached hydrogens (tertiary/aromatic N) is 2. The van der Waals surface area contributed by atoms with E-state index < -0.39 is 17.5 Å². The monoisotopic (exact) mass is 573 g/mol. The van der Waals surface area contributed by atoms with Gasteiger partial charge in [-0.05, 0) is 52.3 Å². The topological polar surface area (TPSA) is 101 Å². The molecule has 3 rings (SSSR count). The molecule has 182 valence electrons. The van der Waals surface area contributed by atoms with Gasteiger partial charge in [-0.1, -0.05) is 28.1 Å². The smallest absolute Gasteiger partial charge is 0.349 e. The van der Waals surface area contributed by atoms with Crippen molar-refractivity contribution in [3.05, 3.63) is 61.3 Å². The minimum absolute atomic E-state index is 0.187. The Kier molecular flexibility index (Phi) is 8.48. The summed E-state index contributed by atoms with van der Waals surface area (Å²) in [7, 11) is 0. The summed E-state index contributed by atoms with van der Waals surface area (Å²) >= 11 is 5.87. The van der Waals surface area contributed by atoms with E-state index in [0.717, 1.165) is 27.1 Å². The number of hydrogen-bond acceptors (Lipinski definition) is 9. The first kappa shape index (κ1) is 26.6. The van der Waals surface area contributed by atoms with E-state index in [1.54, 1.807) is 34.6 Å². The summed E-state index contributed by atoms with van der Waals surface area (Å²) in [6.45, 7) is 8.90. The predicted molar refractivity (Wildman–Crippen MR) is 143 cm³/mol. The second kappa shape index (κ2) is 11.2. The molecule has 0 spiro atoms. The van der Waals surface area contributed by atoms with Crippen LogP contribution in [0.15, 0.2) is 40.3 Å². The molecule has 0 aliphatic carbocycles. The third-order valence-electron chi connectivity index (χ3n) is 4.53. The number of ether oxygens (including phenoxy) is 2. The molecule has 10 heteroatoms. The summed E-state index contributed by atoms with van der Waals surface area (Å²) in [6, 6.07) is 9.88. The first-order valence-electron chi connectivity index (χ1n) is 10.7. The molecule has 2 aromatic heterocycles. The Hall–Kier alpha value is -3.00. The molecular weight excluding hydrogens is 550 g/mol. The van der Waals surface area contributed by atoms with Gasteiger partial charge in [0, 0.05) is 21.6 Å². The molecule has 0 fully saturated rings. The van der Waals surface area contributed by atoms with Gasteiger partial charge in [0.25, 0.3) is 0 Å². The number of rotatable bonds is 7. The molecule has 0 unspecified atom stereocenters. The van der Waals surface area contributed by atoms with Crippen molar-refractivity contribution in [1.29, 1.82) is 5.26 Å². The molecule has 0 saturated carbocycles. The van der Waals surface area contributed by atoms with Crippen molar-refractivity contribution in [2.24, 2.45) is 0 Å². The fraction of sp³-hybridized carbons (Fsp3) is 0.280. The highest BCUT2D eigenvalue weighted by atomic mass is 79.9. The predicted octanol–water partition coefficient (Wildman–Crippen LogP) is 7.05. The number of anilines is 1. The number of thiazole rings is 1. The number of allylic oxidation sites excluding steroid dienone is 1. The first-order valence-corrected chi connectivity index (χ1v) is 13.2. The Morgan fingerprint density at radius 1 is 1.29 bits per heavy atom. The van der Waals surface area contributed by atoms with Crippen LogP contribution in [0.4, 0.5) is 5.00 Å². The van der Waals surface area contributed by atoms with Crippen LogP contribution >= 0.6 is 38.6 Å². The summed E-state index contributed by atoms with van der Waals surface area (Å²) in [6.07, 6.45) is 1.48. The van der Waals surface area contributed by atoms with Crippen LogP contribution in [0.1, 0.15) is 58.3 Å². The number of hydrogen-bond donors (Lipinski definition) is 1. The zero-order chi connectivity index (χ0) is 25.8. The summed E-state index contributed by atoms with van der Waals surface area (Å²) in [5, 5.41) is 15.6. The highest BCUT2D eigenvalue weighted by molar-refractivity contribution is 9.10. The van der Waals surface area contributed by atoms with Gasteiger partial charge in [-0.25, -0.2) is 14.6 Å². The van der Waals surface area contributed by atoms with E-state index in [2.05, 4.69) is 32.3 Å². The third-order valence-corrected chi connectivity index (χ3v) is 7.11. The first-order chi connectivity index (χ1) is 16.5. The number of benzene rings is 1. The van der Waals surface area contributed by atoms with Gasteiger partial charge in [0.05, 0.1) is 17.9 Å². The average molecular weight is 575 g/mol. The van der Waals surface area contributed by atoms with Crippen molar-refractivity contribution in [2.45, 2.75) is 40.2 Å². The highest BCUT2D eigenvalue weighted by Crippen LogP contribution is 2.36. The molecule has 0 aliphatic rings. The molecule has 2 heterocycles. The molecule has 0 amide bonds. The summed E-state index contributed by atoms with van der Waals surface area (Å²) in [5.74, 6) is -1.08. The lowest BCUT2D eigenvalue weighted by atomic mass is 10.1. The van der Waals surface area contributed by atoms with Gasteiger partial charge >= 0.3 is 11.9 Å². The maximum absolute atomic E-state index is 12.7. The fourth-order valence-corrected chi connectivity index (χ4v) is 5.28. The molecule has 0 bridgehead atoms. The van der Waals surface area contributed by atoms with Gasteiger partial charge in [0.2, 0.25) is 0 Å². The SMILES string of the molecule is CCOC(=O)c1c(NC=C(C#N)c2nc(-c3cccc(Br)c3)cs2)sc(C(=O)OC(C)(C)C)c1C. The van der Waals surface area contributed by atoms with Crippen LogP contribution in [-0.4, -0.2) is 29.1 Å². The highest BCUT2D eigenvalue weighted by Gasteiger charge is 2.28. The Balaban J connectivity index is 1.95. The minimum atomic E-state index is -0.685. The standard InChI is InChI=1S/C25H24BrN3O4S2/c1-6-32-23(30)19-14(2)20(24(31)33-25(3,4)5)35-22(19)28-12-16(11-27)21-29-18(13-34-21)15-8-7-9-17(26)10-15/h7-10,12-13,28H,6H2,1-5H3. The molecule has 35 heavy (non-hydrogen) atoms. The van der Waals surface area contributed by atoms with E-state index >= 15 is 0 Å². The van der Waals surface area contributed by atoms with E-state index in [1.807, 2.05) is 29.6 Å². The zero-order valence-electron chi connectivity index (χ0n) is 19.9. The van der Waals surface area contributed by atoms with E-state index in [-0.39, 0.29) is 17.7 Å². The van der Waals surface area contributed by atoms with E-state index in [1.165, 1.54) is 17.5 Å². The second-order valence-electron chi connectivity index (χ2n) is 8.35. The molecule has 1 N–H and O–H groups in total. The van der Waals surface area contributed by atoms with Crippen LogP contribution in [0, 0.1) is 18.3 Å². The maximum atomic E-state index is 12.7. The van der Waals surface area contributed by atoms with Gasteiger partial charge < -0.3 is 14.8 Å². The lowest BCUT2D eigenvalue weighted by Gasteiger charge is -2.19. The molecule has 0 radical (unpaired) electrons. The third kappa shape index (κ3) is 6.57. The Bertz CT molecular complexity index is 1330. The molecule has 0 saturated heterocycles. The van der Waals surface area contributed by atoms with Crippen molar-refractivity contribution in [3.8, 4) is 17.3 Å². The number of halogens is 1. The van der Waals surface area contributed by atoms with Crippen LogP contribution in [0.5, 0.6) is 0 Å². The number of carbonyl (C=O) groups is 2. The maximum Gasteiger partial charge on any atom is 0.349 e. The molecule has 0 atom stereocenters. The molecular formula is C25H24BrN3O4S2. The van der Waals surface area contributed by atoms with E-state index in [0.29, 0.717) is 20.4 Å². The van der Waals surface area contributed by atoms with Crippen LogP contribution < -0.4 is 5.32 Å². The summed E-state index contributed by atoms with van der Waals surface area (Å²) in [4.78, 5) is 30.3. The fourth-order valence-electron chi connectivity index (χ4n) is 3.04. The number of nitrogens with one attached hydrogen (secondary N) is 1. The minimum Gasteiger partial charge on any atom is -0.462 e. The van der Waals surface area contributed by atoms with Crippen molar-refractivity contribution < 1.29 is 19.1 Å². The summed E-state index contributed by atoms with van der Waals surface area (Å²) < 4.78 is 11.6. The Labute approximate surface area is 220 Å². The van der Waals surface area contributed by atoms with Gasteiger partial charge in [-0.3, -0.25) is 0 Å². The van der Waals surface area contributed by atoms with Crippen molar-refractivity contribution in [3.63, 3.8) is 0 Å². The van der Waals surface area contributed by atoms with E-state index in [4.69, 9.17) is 9.47 Å². The number of aromatic nitrogens is 1. The van der Waals surface area contributed by atoms with Crippen molar-refractivity contribution in [2.75, 3.05) is 11.9 Å². The molecule has 7 nitrogen and oxygen atoms in total. The normalized spacial score (nSPS) is 11.6. The summed E-state index contributed by atoms with van der Waals surface area (Å²) in [5.41, 5.74) is 1.97. The quantitative estimate of drug-likeness (QED) is 0.238. The van der Waals surface area contributed by atoms with E-state index in [9.17, 15) is 14.9 Å². The number of carbonyl (C=O) groups excluding carboxylic acids is 2. The van der Waals surface area contributed by atoms with Gasteiger partial charge in [-0.2, -0.15) is 5.26 Å². The lowest BCUT2D eigenvalue weighted by molar-refractivity contribution is 0.00745. The average Bonchev–Trinajstić information content (AvgIpc) is 3.38. The van der Waals surface area contributed by atoms with Crippen LogP contribution in [-0.2, 0) is 9.47 Å². The van der Waals surface area contributed by atoms with Crippen LogP contribution in [0.2, 0.25) is 0 Å². The Morgan fingerprint density at radius 2 is 2.03 bits per heavy atom. The Morgan fingerprint density at radius 3 is 2.66 bits per heavy atom. The number of esters is 2. The van der Waals surface area contributed by atoms with Gasteiger partial charge in [0.15, 0.2) is 0 Å². The van der Waals surface area contributed by atoms with Crippen LogP contribution in [0.25, 0.3) is 16.8 Å². The van der Waals surface area contributed by atoms with Crippen molar-refractivity contribution >= 4 is 61.1 Å². The zero-order valence-corrected chi connectivity index (χ0v) is 23.1. The van der Waals surface area contributed by atoms with Crippen LogP contribution in [0.3, 0.4) is 0 Å². The molecule has 1 aromatic carbocycles. The van der Waals surface area contributed by atoms with Gasteiger partial charge in [0.1, 0.15) is 32.1 Å². The number of nitriles is 1. The molecule has 3 aromatic rings. The molecule has 0 aliphatic heterocycles. The van der Waals surface area contributed by atoms with Gasteiger partial charge in [-0.15, -0.1) is 22.7 Å². The lowest BCUT2D eigenvalue weighted by Crippen LogP contribution is -2.23.